The Morgan fingerprint density at radius 3 is 2.64 bits per heavy atom. The minimum absolute atomic E-state index is 0.332. The fourth-order valence-corrected chi connectivity index (χ4v) is 0.766. The standard InChI is InChI=1S/C8H17NO2/c1-3-4-5-6-7-11-8(10)9-2/h3-7H2,1-2H3,(H,9,10). The van der Waals surface area contributed by atoms with Crippen LogP contribution in [0.25, 0.3) is 0 Å². The van der Waals surface area contributed by atoms with E-state index in [9.17, 15) is 4.79 Å². The summed E-state index contributed by atoms with van der Waals surface area (Å²) in [5.74, 6) is 0. The lowest BCUT2D eigenvalue weighted by molar-refractivity contribution is 0.146. The third kappa shape index (κ3) is 7.16. The van der Waals surface area contributed by atoms with E-state index in [-0.39, 0.29) is 6.09 Å². The number of amides is 1. The summed E-state index contributed by atoms with van der Waals surface area (Å²) in [4.78, 5) is 10.5. The summed E-state index contributed by atoms with van der Waals surface area (Å²) in [6.45, 7) is 2.69. The highest BCUT2D eigenvalue weighted by Gasteiger charge is 1.95. The van der Waals surface area contributed by atoms with Gasteiger partial charge in [0.1, 0.15) is 0 Å². The largest absolute Gasteiger partial charge is 0.450 e. The van der Waals surface area contributed by atoms with Crippen molar-refractivity contribution in [1.29, 1.82) is 0 Å². The number of alkyl carbamates (subject to hydrolysis) is 1. The maximum absolute atomic E-state index is 10.5. The smallest absolute Gasteiger partial charge is 0.406 e. The molecule has 0 aromatic heterocycles. The Bertz CT molecular complexity index is 104. The zero-order chi connectivity index (χ0) is 8.53. The molecule has 0 heterocycles. The molecule has 0 saturated heterocycles. The first kappa shape index (κ1) is 10.3. The summed E-state index contributed by atoms with van der Waals surface area (Å²) >= 11 is 0. The molecule has 66 valence electrons. The fourth-order valence-electron chi connectivity index (χ4n) is 0.766. The molecule has 0 atom stereocenters. The van der Waals surface area contributed by atoms with Crippen LogP contribution in [0.1, 0.15) is 32.6 Å². The number of hydrogen-bond donors (Lipinski definition) is 1. The van der Waals surface area contributed by atoms with Gasteiger partial charge in [-0.2, -0.15) is 0 Å². The maximum atomic E-state index is 10.5. The zero-order valence-electron chi connectivity index (χ0n) is 7.35. The number of carbonyl (C=O) groups is 1. The van der Waals surface area contributed by atoms with Gasteiger partial charge >= 0.3 is 6.09 Å². The van der Waals surface area contributed by atoms with Gasteiger partial charge in [-0.05, 0) is 6.42 Å². The van der Waals surface area contributed by atoms with Crippen LogP contribution in [0, 0.1) is 0 Å². The molecule has 1 N–H and O–H groups in total. The molecule has 0 radical (unpaired) electrons. The number of rotatable bonds is 5. The van der Waals surface area contributed by atoms with Crippen molar-refractivity contribution in [3.63, 3.8) is 0 Å². The van der Waals surface area contributed by atoms with Gasteiger partial charge in [0.15, 0.2) is 0 Å². The van der Waals surface area contributed by atoms with E-state index in [0.717, 1.165) is 12.8 Å². The van der Waals surface area contributed by atoms with Crippen LogP contribution in [0.15, 0.2) is 0 Å². The molecule has 0 saturated carbocycles. The predicted molar refractivity (Wildman–Crippen MR) is 44.5 cm³/mol. The van der Waals surface area contributed by atoms with Crippen LogP contribution < -0.4 is 5.32 Å². The number of nitrogens with one attached hydrogen (secondary N) is 1. The van der Waals surface area contributed by atoms with Gasteiger partial charge in [0, 0.05) is 7.05 Å². The molecular formula is C8H17NO2. The first-order chi connectivity index (χ1) is 5.31. The molecule has 0 aromatic carbocycles. The van der Waals surface area contributed by atoms with Gasteiger partial charge in [-0.3, -0.25) is 0 Å². The summed E-state index contributed by atoms with van der Waals surface area (Å²) in [5, 5.41) is 2.39. The van der Waals surface area contributed by atoms with Crippen molar-refractivity contribution >= 4 is 6.09 Å². The Hall–Kier alpha value is -0.730. The van der Waals surface area contributed by atoms with Crippen LogP contribution in [0.4, 0.5) is 4.79 Å². The molecule has 3 heteroatoms. The summed E-state index contributed by atoms with van der Waals surface area (Å²) in [6.07, 6.45) is 4.22. The summed E-state index contributed by atoms with van der Waals surface area (Å²) in [6, 6.07) is 0. The zero-order valence-corrected chi connectivity index (χ0v) is 7.35. The van der Waals surface area contributed by atoms with Crippen LogP contribution in [0.3, 0.4) is 0 Å². The van der Waals surface area contributed by atoms with Crippen molar-refractivity contribution < 1.29 is 9.53 Å². The topological polar surface area (TPSA) is 38.3 Å². The monoisotopic (exact) mass is 159 g/mol. The summed E-state index contributed by atoms with van der Waals surface area (Å²) in [5.41, 5.74) is 0. The van der Waals surface area contributed by atoms with E-state index in [4.69, 9.17) is 4.74 Å². The molecule has 0 aliphatic rings. The lowest BCUT2D eigenvalue weighted by atomic mass is 10.2. The maximum Gasteiger partial charge on any atom is 0.406 e. The first-order valence-corrected chi connectivity index (χ1v) is 4.15. The van der Waals surface area contributed by atoms with E-state index in [2.05, 4.69) is 12.2 Å². The van der Waals surface area contributed by atoms with Gasteiger partial charge in [0.05, 0.1) is 6.61 Å². The van der Waals surface area contributed by atoms with Gasteiger partial charge in [-0.25, -0.2) is 4.79 Å². The van der Waals surface area contributed by atoms with Crippen molar-refractivity contribution in [2.24, 2.45) is 0 Å². The lowest BCUT2D eigenvalue weighted by Crippen LogP contribution is -2.19. The number of hydrogen-bond acceptors (Lipinski definition) is 2. The molecule has 0 rings (SSSR count). The molecular weight excluding hydrogens is 142 g/mol. The van der Waals surface area contributed by atoms with Gasteiger partial charge in [-0.15, -0.1) is 0 Å². The Kier molecular flexibility index (Phi) is 6.89. The number of ether oxygens (including phenoxy) is 1. The molecule has 0 aliphatic carbocycles. The lowest BCUT2D eigenvalue weighted by Gasteiger charge is -2.02. The van der Waals surface area contributed by atoms with E-state index in [1.54, 1.807) is 7.05 Å². The predicted octanol–water partition coefficient (Wildman–Crippen LogP) is 1.92. The Morgan fingerprint density at radius 1 is 1.36 bits per heavy atom. The van der Waals surface area contributed by atoms with Crippen molar-refractivity contribution in [1.82, 2.24) is 5.32 Å². The molecule has 3 nitrogen and oxygen atoms in total. The van der Waals surface area contributed by atoms with Gasteiger partial charge < -0.3 is 10.1 Å². The molecule has 11 heavy (non-hydrogen) atoms. The molecule has 0 aromatic rings. The van der Waals surface area contributed by atoms with Gasteiger partial charge in [-0.1, -0.05) is 26.2 Å². The van der Waals surface area contributed by atoms with Gasteiger partial charge in [0.25, 0.3) is 0 Å². The summed E-state index contributed by atoms with van der Waals surface area (Å²) < 4.78 is 4.79. The van der Waals surface area contributed by atoms with Crippen LogP contribution >= 0.6 is 0 Å². The third-order valence-corrected chi connectivity index (χ3v) is 1.44. The fraction of sp³-hybridized carbons (Fsp3) is 0.875. The molecule has 0 aliphatic heterocycles. The second kappa shape index (κ2) is 7.38. The second-order valence-corrected chi connectivity index (χ2v) is 2.45. The molecule has 0 spiro atoms. The number of unbranched alkanes of at least 4 members (excludes halogenated alkanes) is 3. The normalized spacial score (nSPS) is 9.27. The first-order valence-electron chi connectivity index (χ1n) is 4.15. The van der Waals surface area contributed by atoms with E-state index < -0.39 is 0 Å². The van der Waals surface area contributed by atoms with Gasteiger partial charge in [0.2, 0.25) is 0 Å². The Labute approximate surface area is 68.1 Å². The summed E-state index contributed by atoms with van der Waals surface area (Å²) in [7, 11) is 1.56. The van der Waals surface area contributed by atoms with Crippen molar-refractivity contribution in [2.45, 2.75) is 32.6 Å². The molecule has 0 fully saturated rings. The quantitative estimate of drug-likeness (QED) is 0.622. The van der Waals surface area contributed by atoms with Crippen LogP contribution in [-0.2, 0) is 4.74 Å². The van der Waals surface area contributed by atoms with Crippen molar-refractivity contribution in [3.05, 3.63) is 0 Å². The minimum Gasteiger partial charge on any atom is -0.450 e. The highest BCUT2D eigenvalue weighted by Crippen LogP contribution is 1.98. The minimum atomic E-state index is -0.332. The average molecular weight is 159 g/mol. The third-order valence-electron chi connectivity index (χ3n) is 1.44. The van der Waals surface area contributed by atoms with E-state index in [0.29, 0.717) is 6.61 Å². The molecule has 1 amide bonds. The highest BCUT2D eigenvalue weighted by molar-refractivity contribution is 5.66. The number of carbonyl (C=O) groups excluding carboxylic acids is 1. The van der Waals surface area contributed by atoms with E-state index in [1.165, 1.54) is 12.8 Å². The van der Waals surface area contributed by atoms with E-state index >= 15 is 0 Å². The van der Waals surface area contributed by atoms with Crippen LogP contribution in [0.2, 0.25) is 0 Å². The second-order valence-electron chi connectivity index (χ2n) is 2.45. The Balaban J connectivity index is 2.95. The van der Waals surface area contributed by atoms with Crippen LogP contribution in [-0.4, -0.2) is 19.7 Å². The highest BCUT2D eigenvalue weighted by atomic mass is 16.5. The van der Waals surface area contributed by atoms with Crippen molar-refractivity contribution in [3.8, 4) is 0 Å². The SMILES string of the molecule is CCCCCCOC(=O)NC. The van der Waals surface area contributed by atoms with E-state index in [1.807, 2.05) is 0 Å². The Morgan fingerprint density at radius 2 is 2.09 bits per heavy atom. The molecule has 0 bridgehead atoms. The van der Waals surface area contributed by atoms with Crippen LogP contribution in [0.5, 0.6) is 0 Å². The molecule has 0 unspecified atom stereocenters. The average Bonchev–Trinajstić information content (AvgIpc) is 2.04. The van der Waals surface area contributed by atoms with Crippen molar-refractivity contribution in [2.75, 3.05) is 13.7 Å².